The lowest BCUT2D eigenvalue weighted by atomic mass is 9.85. The number of hydrogen-bond donors (Lipinski definition) is 1. The summed E-state index contributed by atoms with van der Waals surface area (Å²) in [6.07, 6.45) is 9.30. The van der Waals surface area contributed by atoms with Crippen LogP contribution in [0.1, 0.15) is 44.2 Å². The largest absolute Gasteiger partial charge is 0.383 e. The Kier molecular flexibility index (Phi) is 4.28. The minimum atomic E-state index is 0.778. The van der Waals surface area contributed by atoms with Gasteiger partial charge in [-0.1, -0.05) is 62.4 Å². The van der Waals surface area contributed by atoms with Gasteiger partial charge >= 0.3 is 0 Å². The average molecular weight is 283 g/mol. The average Bonchev–Trinajstić information content (AvgIpc) is 2.82. The number of nitrogen functional groups attached to an aromatic ring is 1. The van der Waals surface area contributed by atoms with E-state index in [1.807, 2.05) is 17.8 Å². The van der Waals surface area contributed by atoms with Gasteiger partial charge in [-0.05, 0) is 24.3 Å². The first-order valence-electron chi connectivity index (χ1n) is 8.12. The molecule has 1 saturated carbocycles. The van der Waals surface area contributed by atoms with Crippen molar-refractivity contribution in [1.29, 1.82) is 0 Å². The van der Waals surface area contributed by atoms with Gasteiger partial charge in [-0.25, -0.2) is 0 Å². The van der Waals surface area contributed by atoms with Crippen LogP contribution in [0.4, 0.5) is 5.82 Å². The van der Waals surface area contributed by atoms with Gasteiger partial charge in [-0.15, -0.1) is 0 Å². The minimum absolute atomic E-state index is 0.778. The normalized spacial score (nSPS) is 16.2. The van der Waals surface area contributed by atoms with Crippen LogP contribution in [0, 0.1) is 5.92 Å². The van der Waals surface area contributed by atoms with Crippen LogP contribution < -0.4 is 5.73 Å². The molecule has 0 aliphatic heterocycles. The van der Waals surface area contributed by atoms with Gasteiger partial charge in [0.1, 0.15) is 5.82 Å². The Labute approximate surface area is 127 Å². The lowest BCUT2D eigenvalue weighted by Crippen LogP contribution is -2.07. The summed E-state index contributed by atoms with van der Waals surface area (Å²) >= 11 is 0. The summed E-state index contributed by atoms with van der Waals surface area (Å²) in [5, 5.41) is 4.66. The van der Waals surface area contributed by atoms with E-state index in [0.717, 1.165) is 29.4 Å². The van der Waals surface area contributed by atoms with Gasteiger partial charge in [-0.2, -0.15) is 5.10 Å². The van der Waals surface area contributed by atoms with E-state index >= 15 is 0 Å². The second-order valence-electron chi connectivity index (χ2n) is 6.24. The standard InChI is InChI=1S/C18H25N3/c1-21-18(19)17(15-10-6-3-7-11-15)16(20-21)13-12-14-8-4-2-5-9-14/h3,6-7,10-11,14H,2,4-5,8-9,12-13,19H2,1H3. The van der Waals surface area contributed by atoms with E-state index in [0.29, 0.717) is 0 Å². The maximum atomic E-state index is 6.24. The number of benzene rings is 1. The lowest BCUT2D eigenvalue weighted by Gasteiger charge is -2.21. The Morgan fingerprint density at radius 1 is 1.14 bits per heavy atom. The smallest absolute Gasteiger partial charge is 0.129 e. The number of nitrogens with two attached hydrogens (primary N) is 1. The second-order valence-corrected chi connectivity index (χ2v) is 6.24. The molecule has 1 aromatic carbocycles. The van der Waals surface area contributed by atoms with E-state index in [9.17, 15) is 0 Å². The number of hydrogen-bond acceptors (Lipinski definition) is 2. The fraction of sp³-hybridized carbons (Fsp3) is 0.500. The molecule has 0 saturated heterocycles. The Bertz CT molecular complexity index is 580. The fourth-order valence-electron chi connectivity index (χ4n) is 3.51. The summed E-state index contributed by atoms with van der Waals surface area (Å²) in [5.41, 5.74) is 9.72. The third kappa shape index (κ3) is 3.12. The molecule has 3 rings (SSSR count). The molecule has 1 heterocycles. The van der Waals surface area contributed by atoms with E-state index in [1.54, 1.807) is 0 Å². The van der Waals surface area contributed by atoms with E-state index in [1.165, 1.54) is 44.1 Å². The quantitative estimate of drug-likeness (QED) is 0.914. The predicted molar refractivity (Wildman–Crippen MR) is 88.0 cm³/mol. The van der Waals surface area contributed by atoms with Crippen molar-refractivity contribution in [2.75, 3.05) is 5.73 Å². The Balaban J connectivity index is 1.80. The van der Waals surface area contributed by atoms with Crippen LogP contribution in [0.5, 0.6) is 0 Å². The maximum absolute atomic E-state index is 6.24. The van der Waals surface area contributed by atoms with Crippen molar-refractivity contribution in [2.45, 2.75) is 44.9 Å². The third-order valence-electron chi connectivity index (χ3n) is 4.74. The molecule has 1 fully saturated rings. The summed E-state index contributed by atoms with van der Waals surface area (Å²) in [6, 6.07) is 10.4. The zero-order valence-electron chi connectivity index (χ0n) is 12.9. The van der Waals surface area contributed by atoms with Crippen molar-refractivity contribution < 1.29 is 0 Å². The highest BCUT2D eigenvalue weighted by Gasteiger charge is 2.18. The molecule has 0 unspecified atom stereocenters. The van der Waals surface area contributed by atoms with Gasteiger partial charge < -0.3 is 5.73 Å². The van der Waals surface area contributed by atoms with Crippen LogP contribution in [-0.2, 0) is 13.5 Å². The molecule has 21 heavy (non-hydrogen) atoms. The molecule has 0 spiro atoms. The maximum Gasteiger partial charge on any atom is 0.129 e. The predicted octanol–water partition coefficient (Wildman–Crippen LogP) is 4.18. The van der Waals surface area contributed by atoms with Gasteiger partial charge in [0.2, 0.25) is 0 Å². The molecule has 0 atom stereocenters. The van der Waals surface area contributed by atoms with Crippen molar-refractivity contribution in [3.05, 3.63) is 36.0 Å². The Morgan fingerprint density at radius 3 is 2.57 bits per heavy atom. The van der Waals surface area contributed by atoms with E-state index in [4.69, 9.17) is 5.73 Å². The summed E-state index contributed by atoms with van der Waals surface area (Å²) in [4.78, 5) is 0. The number of nitrogens with zero attached hydrogens (tertiary/aromatic N) is 2. The summed E-state index contributed by atoms with van der Waals surface area (Å²) < 4.78 is 1.82. The summed E-state index contributed by atoms with van der Waals surface area (Å²) in [6.45, 7) is 0. The minimum Gasteiger partial charge on any atom is -0.383 e. The molecule has 2 aromatic rings. The highest BCUT2D eigenvalue weighted by Crippen LogP contribution is 2.32. The third-order valence-corrected chi connectivity index (χ3v) is 4.74. The molecule has 3 nitrogen and oxygen atoms in total. The van der Waals surface area contributed by atoms with Crippen molar-refractivity contribution in [3.8, 4) is 11.1 Å². The first-order chi connectivity index (χ1) is 10.3. The van der Waals surface area contributed by atoms with Crippen molar-refractivity contribution in [3.63, 3.8) is 0 Å². The van der Waals surface area contributed by atoms with Crippen LogP contribution >= 0.6 is 0 Å². The number of aromatic nitrogens is 2. The van der Waals surface area contributed by atoms with Crippen molar-refractivity contribution in [2.24, 2.45) is 13.0 Å². The molecule has 0 bridgehead atoms. The summed E-state index contributed by atoms with van der Waals surface area (Å²) in [5.74, 6) is 1.66. The van der Waals surface area contributed by atoms with Gasteiger partial charge in [0.25, 0.3) is 0 Å². The Morgan fingerprint density at radius 2 is 1.86 bits per heavy atom. The van der Waals surface area contributed by atoms with Crippen molar-refractivity contribution >= 4 is 5.82 Å². The molecule has 0 radical (unpaired) electrons. The van der Waals surface area contributed by atoms with Crippen LogP contribution in [-0.4, -0.2) is 9.78 Å². The highest BCUT2D eigenvalue weighted by molar-refractivity contribution is 5.76. The number of aryl methyl sites for hydroxylation is 2. The monoisotopic (exact) mass is 283 g/mol. The fourth-order valence-corrected chi connectivity index (χ4v) is 3.51. The van der Waals surface area contributed by atoms with Crippen LogP contribution in [0.2, 0.25) is 0 Å². The van der Waals surface area contributed by atoms with Gasteiger partial charge in [-0.3, -0.25) is 4.68 Å². The van der Waals surface area contributed by atoms with Gasteiger partial charge in [0, 0.05) is 12.6 Å². The molecular weight excluding hydrogens is 258 g/mol. The number of anilines is 1. The molecule has 1 aromatic heterocycles. The summed E-state index contributed by atoms with van der Waals surface area (Å²) in [7, 11) is 1.94. The molecular formula is C18H25N3. The molecule has 1 aliphatic carbocycles. The molecule has 0 amide bonds. The molecule has 1 aliphatic rings. The SMILES string of the molecule is Cn1nc(CCC2CCCCC2)c(-c2ccccc2)c1N. The van der Waals surface area contributed by atoms with E-state index in [2.05, 4.69) is 29.4 Å². The van der Waals surface area contributed by atoms with Crippen LogP contribution in [0.25, 0.3) is 11.1 Å². The molecule has 3 heteroatoms. The second kappa shape index (κ2) is 6.33. The first kappa shape index (κ1) is 14.2. The first-order valence-corrected chi connectivity index (χ1v) is 8.12. The zero-order chi connectivity index (χ0) is 14.7. The van der Waals surface area contributed by atoms with Crippen molar-refractivity contribution in [1.82, 2.24) is 9.78 Å². The van der Waals surface area contributed by atoms with Gasteiger partial charge in [0.15, 0.2) is 0 Å². The van der Waals surface area contributed by atoms with Crippen LogP contribution in [0.3, 0.4) is 0 Å². The lowest BCUT2D eigenvalue weighted by molar-refractivity contribution is 0.338. The Hall–Kier alpha value is -1.77. The number of rotatable bonds is 4. The highest BCUT2D eigenvalue weighted by atomic mass is 15.3. The topological polar surface area (TPSA) is 43.8 Å². The van der Waals surface area contributed by atoms with Crippen LogP contribution in [0.15, 0.2) is 30.3 Å². The van der Waals surface area contributed by atoms with Gasteiger partial charge in [0.05, 0.1) is 5.69 Å². The zero-order valence-corrected chi connectivity index (χ0v) is 12.9. The molecule has 112 valence electrons. The van der Waals surface area contributed by atoms with E-state index in [-0.39, 0.29) is 0 Å². The van der Waals surface area contributed by atoms with E-state index < -0.39 is 0 Å². The molecule has 2 N–H and O–H groups in total.